The summed E-state index contributed by atoms with van der Waals surface area (Å²) < 4.78 is 6.57. The second-order valence-corrected chi connectivity index (χ2v) is 4.35. The summed E-state index contributed by atoms with van der Waals surface area (Å²) in [5.74, 6) is 0.0466. The van der Waals surface area contributed by atoms with Crippen molar-refractivity contribution < 1.29 is 9.53 Å². The van der Waals surface area contributed by atoms with Crippen LogP contribution in [0.3, 0.4) is 0 Å². The van der Waals surface area contributed by atoms with E-state index in [0.29, 0.717) is 18.1 Å². The van der Waals surface area contributed by atoms with Crippen LogP contribution in [0, 0.1) is 0 Å². The molecule has 0 spiro atoms. The fourth-order valence-corrected chi connectivity index (χ4v) is 1.99. The van der Waals surface area contributed by atoms with E-state index in [-0.39, 0.29) is 5.69 Å². The largest absolute Gasteiger partial charge is 0.461 e. The fourth-order valence-electron chi connectivity index (χ4n) is 1.99. The van der Waals surface area contributed by atoms with Crippen LogP contribution in [0.5, 0.6) is 0 Å². The lowest BCUT2D eigenvalue weighted by atomic mass is 10.2. The Morgan fingerprint density at radius 2 is 2.00 bits per heavy atom. The molecule has 0 N–H and O–H groups in total. The fraction of sp³-hybridized carbons (Fsp3) is 0.133. The molecule has 0 atom stereocenters. The van der Waals surface area contributed by atoms with Gasteiger partial charge in [-0.15, -0.1) is 0 Å². The third-order valence-electron chi connectivity index (χ3n) is 2.94. The number of ether oxygens (including phenoxy) is 1. The topological polar surface area (TPSA) is 82.8 Å². The molecule has 0 aliphatic carbocycles. The van der Waals surface area contributed by atoms with Gasteiger partial charge in [0.1, 0.15) is 0 Å². The molecule has 0 saturated heterocycles. The molecule has 3 heterocycles. The molecule has 0 bridgehead atoms. The van der Waals surface area contributed by atoms with Gasteiger partial charge in [0.2, 0.25) is 0 Å². The molecule has 0 saturated carbocycles. The van der Waals surface area contributed by atoms with Crippen molar-refractivity contribution in [2.75, 3.05) is 6.61 Å². The lowest BCUT2D eigenvalue weighted by molar-refractivity contribution is 0.0519. The number of pyridine rings is 1. The molecule has 0 fully saturated rings. The van der Waals surface area contributed by atoms with Gasteiger partial charge < -0.3 is 4.74 Å². The van der Waals surface area contributed by atoms with Crippen molar-refractivity contribution in [2.45, 2.75) is 6.92 Å². The molecular formula is C15H13N5O2. The number of nitrogens with zero attached hydrogens (tertiary/aromatic N) is 5. The number of carbonyl (C=O) groups is 1. The highest BCUT2D eigenvalue weighted by atomic mass is 16.5. The number of esters is 1. The highest BCUT2D eigenvalue weighted by molar-refractivity contribution is 5.89. The minimum Gasteiger partial charge on any atom is -0.461 e. The summed E-state index contributed by atoms with van der Waals surface area (Å²) >= 11 is 0. The maximum absolute atomic E-state index is 11.9. The molecule has 3 aromatic heterocycles. The lowest BCUT2D eigenvalue weighted by Gasteiger charge is -2.05. The summed E-state index contributed by atoms with van der Waals surface area (Å²) in [6, 6.07) is 5.33. The Morgan fingerprint density at radius 3 is 2.68 bits per heavy atom. The second-order valence-electron chi connectivity index (χ2n) is 4.35. The molecule has 0 aliphatic rings. The van der Waals surface area contributed by atoms with Gasteiger partial charge in [0, 0.05) is 30.4 Å². The zero-order valence-electron chi connectivity index (χ0n) is 11.9. The van der Waals surface area contributed by atoms with Crippen molar-refractivity contribution in [3.05, 3.63) is 54.9 Å². The van der Waals surface area contributed by atoms with Gasteiger partial charge in [-0.2, -0.15) is 5.10 Å². The van der Waals surface area contributed by atoms with E-state index in [0.717, 1.165) is 5.56 Å². The van der Waals surface area contributed by atoms with Crippen molar-refractivity contribution >= 4 is 5.97 Å². The molecule has 0 unspecified atom stereocenters. The van der Waals surface area contributed by atoms with E-state index in [9.17, 15) is 4.79 Å². The van der Waals surface area contributed by atoms with Gasteiger partial charge in [0.25, 0.3) is 0 Å². The first-order valence-electron chi connectivity index (χ1n) is 6.73. The van der Waals surface area contributed by atoms with Crippen LogP contribution in [0.25, 0.3) is 17.1 Å². The van der Waals surface area contributed by atoms with E-state index in [1.165, 1.54) is 0 Å². The van der Waals surface area contributed by atoms with Crippen molar-refractivity contribution in [1.82, 2.24) is 24.7 Å². The maximum Gasteiger partial charge on any atom is 0.358 e. The number of rotatable bonds is 4. The predicted molar refractivity (Wildman–Crippen MR) is 78.3 cm³/mol. The number of hydrogen-bond donors (Lipinski definition) is 0. The van der Waals surface area contributed by atoms with Gasteiger partial charge in [-0.25, -0.2) is 14.5 Å². The summed E-state index contributed by atoms with van der Waals surface area (Å²) in [4.78, 5) is 24.2. The van der Waals surface area contributed by atoms with Crippen LogP contribution < -0.4 is 0 Å². The quantitative estimate of drug-likeness (QED) is 0.684. The molecule has 3 aromatic rings. The minimum absolute atomic E-state index is 0.222. The van der Waals surface area contributed by atoms with Crippen molar-refractivity contribution in [2.24, 2.45) is 0 Å². The third-order valence-corrected chi connectivity index (χ3v) is 2.94. The Hall–Kier alpha value is -3.09. The van der Waals surface area contributed by atoms with Crippen LogP contribution in [0.1, 0.15) is 17.4 Å². The van der Waals surface area contributed by atoms with E-state index < -0.39 is 5.97 Å². The molecule has 22 heavy (non-hydrogen) atoms. The Balaban J connectivity index is 2.12. The van der Waals surface area contributed by atoms with Gasteiger partial charge in [-0.1, -0.05) is 0 Å². The van der Waals surface area contributed by atoms with Gasteiger partial charge in [-0.3, -0.25) is 9.97 Å². The number of carbonyl (C=O) groups excluding carboxylic acids is 1. The van der Waals surface area contributed by atoms with E-state index in [4.69, 9.17) is 4.74 Å². The standard InChI is InChI=1S/C15H13N5O2/c1-2-22-15(21)12-9-13(11-3-5-16-6-4-11)20(19-12)14-10-17-7-8-18-14/h3-10H,2H2,1H3. The normalized spacial score (nSPS) is 10.4. The summed E-state index contributed by atoms with van der Waals surface area (Å²) in [6.45, 7) is 2.04. The summed E-state index contributed by atoms with van der Waals surface area (Å²) in [7, 11) is 0. The Morgan fingerprint density at radius 1 is 1.18 bits per heavy atom. The first kappa shape index (κ1) is 13.9. The second kappa shape index (κ2) is 6.13. The van der Waals surface area contributed by atoms with Crippen LogP contribution in [0.15, 0.2) is 49.2 Å². The number of hydrogen-bond acceptors (Lipinski definition) is 6. The van der Waals surface area contributed by atoms with Crippen molar-refractivity contribution in [3.8, 4) is 17.1 Å². The first-order chi connectivity index (χ1) is 10.8. The van der Waals surface area contributed by atoms with Crippen LogP contribution >= 0.6 is 0 Å². The summed E-state index contributed by atoms with van der Waals surface area (Å²) in [6.07, 6.45) is 8.07. The molecular weight excluding hydrogens is 282 g/mol. The smallest absolute Gasteiger partial charge is 0.358 e. The highest BCUT2D eigenvalue weighted by Crippen LogP contribution is 2.22. The van der Waals surface area contributed by atoms with Gasteiger partial charge in [-0.05, 0) is 25.1 Å². The lowest BCUT2D eigenvalue weighted by Crippen LogP contribution is -2.07. The number of aromatic nitrogens is 5. The van der Waals surface area contributed by atoms with E-state index >= 15 is 0 Å². The van der Waals surface area contributed by atoms with Crippen LogP contribution in [-0.2, 0) is 4.74 Å². The van der Waals surface area contributed by atoms with Crippen LogP contribution in [-0.4, -0.2) is 37.3 Å². The molecule has 7 nitrogen and oxygen atoms in total. The summed E-state index contributed by atoms with van der Waals surface area (Å²) in [5.41, 5.74) is 1.80. The predicted octanol–water partition coefficient (Wildman–Crippen LogP) is 1.90. The third kappa shape index (κ3) is 2.69. The maximum atomic E-state index is 11.9. The molecule has 0 amide bonds. The van der Waals surface area contributed by atoms with Crippen molar-refractivity contribution in [1.29, 1.82) is 0 Å². The van der Waals surface area contributed by atoms with Gasteiger partial charge in [0.15, 0.2) is 11.5 Å². The van der Waals surface area contributed by atoms with E-state index in [1.54, 1.807) is 48.7 Å². The van der Waals surface area contributed by atoms with Crippen molar-refractivity contribution in [3.63, 3.8) is 0 Å². The monoisotopic (exact) mass is 295 g/mol. The molecule has 110 valence electrons. The molecule has 3 rings (SSSR count). The molecule has 0 aromatic carbocycles. The zero-order valence-corrected chi connectivity index (χ0v) is 11.9. The van der Waals surface area contributed by atoms with Gasteiger partial charge in [0.05, 0.1) is 18.5 Å². The minimum atomic E-state index is -0.472. The van der Waals surface area contributed by atoms with E-state index in [2.05, 4.69) is 20.1 Å². The first-order valence-corrected chi connectivity index (χ1v) is 6.73. The highest BCUT2D eigenvalue weighted by Gasteiger charge is 2.18. The molecule has 7 heteroatoms. The molecule has 0 aliphatic heterocycles. The molecule has 0 radical (unpaired) electrons. The SMILES string of the molecule is CCOC(=O)c1cc(-c2ccncc2)n(-c2cnccn2)n1. The average molecular weight is 295 g/mol. The van der Waals surface area contributed by atoms with Gasteiger partial charge >= 0.3 is 5.97 Å². The van der Waals surface area contributed by atoms with E-state index in [1.807, 2.05) is 12.1 Å². The zero-order chi connectivity index (χ0) is 15.4. The summed E-state index contributed by atoms with van der Waals surface area (Å²) in [5, 5.41) is 4.29. The Labute approximate surface area is 126 Å². The Bertz CT molecular complexity index is 714. The Kier molecular flexibility index (Phi) is 3.86. The average Bonchev–Trinajstić information content (AvgIpc) is 3.02. The van der Waals surface area contributed by atoms with Crippen LogP contribution in [0.2, 0.25) is 0 Å². The van der Waals surface area contributed by atoms with Crippen LogP contribution in [0.4, 0.5) is 0 Å².